The SMILES string of the molecule is CNCCC#Cc1ccc2ccc(O)cc2c1. The second-order valence-corrected chi connectivity index (χ2v) is 3.90. The van der Waals surface area contributed by atoms with Crippen molar-refractivity contribution in [3.8, 4) is 17.6 Å². The molecule has 0 spiro atoms. The van der Waals surface area contributed by atoms with Crippen LogP contribution >= 0.6 is 0 Å². The van der Waals surface area contributed by atoms with E-state index < -0.39 is 0 Å². The number of aromatic hydroxyl groups is 1. The van der Waals surface area contributed by atoms with Crippen LogP contribution in [0.4, 0.5) is 0 Å². The van der Waals surface area contributed by atoms with Crippen molar-refractivity contribution < 1.29 is 5.11 Å². The number of benzene rings is 2. The largest absolute Gasteiger partial charge is 0.508 e. The van der Waals surface area contributed by atoms with Gasteiger partial charge >= 0.3 is 0 Å². The molecule has 86 valence electrons. The number of rotatable bonds is 2. The van der Waals surface area contributed by atoms with Gasteiger partial charge in [0.2, 0.25) is 0 Å². The minimum absolute atomic E-state index is 0.290. The van der Waals surface area contributed by atoms with E-state index in [1.54, 1.807) is 12.1 Å². The van der Waals surface area contributed by atoms with Crippen LogP contribution in [0, 0.1) is 11.8 Å². The number of hydrogen-bond acceptors (Lipinski definition) is 2. The van der Waals surface area contributed by atoms with Crippen LogP contribution in [0.2, 0.25) is 0 Å². The van der Waals surface area contributed by atoms with Crippen molar-refractivity contribution in [2.24, 2.45) is 0 Å². The predicted molar refractivity (Wildman–Crippen MR) is 71.0 cm³/mol. The fourth-order valence-electron chi connectivity index (χ4n) is 1.66. The first kappa shape index (κ1) is 11.5. The third-order valence-corrected chi connectivity index (χ3v) is 2.56. The fourth-order valence-corrected chi connectivity index (χ4v) is 1.66. The number of fused-ring (bicyclic) bond motifs is 1. The van der Waals surface area contributed by atoms with Crippen LogP contribution in [0.5, 0.6) is 5.75 Å². The summed E-state index contributed by atoms with van der Waals surface area (Å²) in [5.41, 5.74) is 0.985. The molecule has 0 bridgehead atoms. The molecule has 0 saturated carbocycles. The van der Waals surface area contributed by atoms with Crippen LogP contribution in [-0.2, 0) is 0 Å². The summed E-state index contributed by atoms with van der Waals surface area (Å²) in [6.07, 6.45) is 0.842. The van der Waals surface area contributed by atoms with Crippen LogP contribution in [0.15, 0.2) is 36.4 Å². The maximum Gasteiger partial charge on any atom is 0.116 e. The Hall–Kier alpha value is -1.98. The molecule has 2 aromatic rings. The first-order valence-electron chi connectivity index (χ1n) is 5.66. The first-order chi connectivity index (χ1) is 8.29. The van der Waals surface area contributed by atoms with Gasteiger partial charge in [0.1, 0.15) is 5.75 Å². The molecule has 2 N–H and O–H groups in total. The maximum absolute atomic E-state index is 9.42. The lowest BCUT2D eigenvalue weighted by molar-refractivity contribution is 0.476. The molecule has 0 aromatic heterocycles. The second-order valence-electron chi connectivity index (χ2n) is 3.90. The zero-order chi connectivity index (χ0) is 12.1. The van der Waals surface area contributed by atoms with Gasteiger partial charge in [-0.15, -0.1) is 0 Å². The molecule has 0 aliphatic rings. The fraction of sp³-hybridized carbons (Fsp3) is 0.200. The smallest absolute Gasteiger partial charge is 0.116 e. The number of phenols is 1. The third-order valence-electron chi connectivity index (χ3n) is 2.56. The molecule has 0 amide bonds. The van der Waals surface area contributed by atoms with Gasteiger partial charge in [-0.05, 0) is 42.1 Å². The summed E-state index contributed by atoms with van der Waals surface area (Å²) in [5, 5.41) is 14.6. The van der Waals surface area contributed by atoms with Crippen LogP contribution in [-0.4, -0.2) is 18.7 Å². The Kier molecular flexibility index (Phi) is 3.64. The Morgan fingerprint density at radius 1 is 1.12 bits per heavy atom. The molecule has 2 aromatic carbocycles. The maximum atomic E-state index is 9.42. The summed E-state index contributed by atoms with van der Waals surface area (Å²) in [6.45, 7) is 0.904. The van der Waals surface area contributed by atoms with Gasteiger partial charge in [-0.1, -0.05) is 24.0 Å². The van der Waals surface area contributed by atoms with Gasteiger partial charge in [0.25, 0.3) is 0 Å². The highest BCUT2D eigenvalue weighted by Gasteiger charge is 1.95. The van der Waals surface area contributed by atoms with E-state index in [1.807, 2.05) is 31.3 Å². The standard InChI is InChI=1S/C15H15NO/c1-16-9-3-2-4-12-5-6-13-7-8-15(17)11-14(13)10-12/h5-8,10-11,16-17H,3,9H2,1H3. The van der Waals surface area contributed by atoms with Crippen molar-refractivity contribution >= 4 is 10.8 Å². The van der Waals surface area contributed by atoms with Crippen LogP contribution in [0.1, 0.15) is 12.0 Å². The molecule has 0 aliphatic carbocycles. The molecule has 0 fully saturated rings. The van der Waals surface area contributed by atoms with E-state index >= 15 is 0 Å². The quantitative estimate of drug-likeness (QED) is 0.608. The Morgan fingerprint density at radius 2 is 1.94 bits per heavy atom. The highest BCUT2D eigenvalue weighted by Crippen LogP contribution is 2.20. The lowest BCUT2D eigenvalue weighted by Gasteiger charge is -1.99. The molecular formula is C15H15NO. The van der Waals surface area contributed by atoms with Crippen LogP contribution in [0.25, 0.3) is 10.8 Å². The summed E-state index contributed by atoms with van der Waals surface area (Å²) in [7, 11) is 1.92. The van der Waals surface area contributed by atoms with E-state index in [4.69, 9.17) is 0 Å². The van der Waals surface area contributed by atoms with E-state index in [-0.39, 0.29) is 5.75 Å². The molecule has 0 saturated heterocycles. The Labute approximate surface area is 101 Å². The summed E-state index contributed by atoms with van der Waals surface area (Å²) in [5.74, 6) is 6.52. The molecule has 0 unspecified atom stereocenters. The number of phenolic OH excluding ortho intramolecular Hbond substituents is 1. The molecule has 0 radical (unpaired) electrons. The lowest BCUT2D eigenvalue weighted by Crippen LogP contribution is -2.05. The highest BCUT2D eigenvalue weighted by atomic mass is 16.3. The lowest BCUT2D eigenvalue weighted by atomic mass is 10.1. The van der Waals surface area contributed by atoms with Gasteiger partial charge in [0, 0.05) is 18.5 Å². The van der Waals surface area contributed by atoms with Gasteiger partial charge in [-0.25, -0.2) is 0 Å². The predicted octanol–water partition coefficient (Wildman–Crippen LogP) is 2.51. The second kappa shape index (κ2) is 5.38. The normalized spacial score (nSPS) is 9.94. The van der Waals surface area contributed by atoms with E-state index in [0.29, 0.717) is 0 Å². The average Bonchev–Trinajstić information content (AvgIpc) is 2.34. The average molecular weight is 225 g/mol. The van der Waals surface area contributed by atoms with Gasteiger partial charge in [0.15, 0.2) is 0 Å². The van der Waals surface area contributed by atoms with Crippen molar-refractivity contribution in [1.29, 1.82) is 0 Å². The zero-order valence-electron chi connectivity index (χ0n) is 9.83. The van der Waals surface area contributed by atoms with Crippen molar-refractivity contribution in [2.75, 3.05) is 13.6 Å². The summed E-state index contributed by atoms with van der Waals surface area (Å²) >= 11 is 0. The molecular weight excluding hydrogens is 210 g/mol. The van der Waals surface area contributed by atoms with Crippen molar-refractivity contribution in [1.82, 2.24) is 5.32 Å². The highest BCUT2D eigenvalue weighted by molar-refractivity contribution is 5.85. The summed E-state index contributed by atoms with van der Waals surface area (Å²) in [6, 6.07) is 11.4. The molecule has 2 heteroatoms. The van der Waals surface area contributed by atoms with Gasteiger partial charge in [-0.2, -0.15) is 0 Å². The number of hydrogen-bond donors (Lipinski definition) is 2. The molecule has 17 heavy (non-hydrogen) atoms. The molecule has 0 atom stereocenters. The Bertz CT molecular complexity index is 578. The Morgan fingerprint density at radius 3 is 2.76 bits per heavy atom. The minimum Gasteiger partial charge on any atom is -0.508 e. The van der Waals surface area contributed by atoms with E-state index in [0.717, 1.165) is 29.3 Å². The molecule has 0 aliphatic heterocycles. The third kappa shape index (κ3) is 2.99. The topological polar surface area (TPSA) is 32.3 Å². The Balaban J connectivity index is 2.26. The minimum atomic E-state index is 0.290. The molecule has 2 nitrogen and oxygen atoms in total. The molecule has 0 heterocycles. The van der Waals surface area contributed by atoms with Gasteiger partial charge < -0.3 is 10.4 Å². The summed E-state index contributed by atoms with van der Waals surface area (Å²) in [4.78, 5) is 0. The van der Waals surface area contributed by atoms with Crippen LogP contribution in [0.3, 0.4) is 0 Å². The van der Waals surface area contributed by atoms with Crippen molar-refractivity contribution in [3.63, 3.8) is 0 Å². The van der Waals surface area contributed by atoms with Crippen molar-refractivity contribution in [3.05, 3.63) is 42.0 Å². The van der Waals surface area contributed by atoms with Gasteiger partial charge in [-0.3, -0.25) is 0 Å². The monoisotopic (exact) mass is 225 g/mol. The first-order valence-corrected chi connectivity index (χ1v) is 5.66. The summed E-state index contributed by atoms with van der Waals surface area (Å²) < 4.78 is 0. The number of nitrogens with one attached hydrogen (secondary N) is 1. The van der Waals surface area contributed by atoms with Crippen LogP contribution < -0.4 is 5.32 Å². The van der Waals surface area contributed by atoms with E-state index in [2.05, 4.69) is 17.2 Å². The van der Waals surface area contributed by atoms with Crippen molar-refractivity contribution in [2.45, 2.75) is 6.42 Å². The van der Waals surface area contributed by atoms with E-state index in [9.17, 15) is 5.11 Å². The van der Waals surface area contributed by atoms with Gasteiger partial charge in [0.05, 0.1) is 0 Å². The molecule has 2 rings (SSSR count). The van der Waals surface area contributed by atoms with E-state index in [1.165, 1.54) is 0 Å². The zero-order valence-corrected chi connectivity index (χ0v) is 9.83.